The second-order valence-electron chi connectivity index (χ2n) is 8.00. The van der Waals surface area contributed by atoms with Crippen LogP contribution in [0.3, 0.4) is 0 Å². The Morgan fingerprint density at radius 3 is 2.21 bits per heavy atom. The molecule has 0 aliphatic rings. The molecule has 34 heavy (non-hydrogen) atoms. The Morgan fingerprint density at radius 2 is 1.59 bits per heavy atom. The maximum absolute atomic E-state index is 12.5. The van der Waals surface area contributed by atoms with Crippen LogP contribution in [0, 0.1) is 6.92 Å². The highest BCUT2D eigenvalue weighted by atomic mass is 32.2. The highest BCUT2D eigenvalue weighted by Crippen LogP contribution is 2.27. The number of nitrogens with one attached hydrogen (secondary N) is 1. The Morgan fingerprint density at radius 1 is 0.912 bits per heavy atom. The summed E-state index contributed by atoms with van der Waals surface area (Å²) < 4.78 is 36.7. The Balaban J connectivity index is 1.61. The number of ether oxygens (including phenoxy) is 2. The van der Waals surface area contributed by atoms with Gasteiger partial charge in [0.25, 0.3) is 5.91 Å². The predicted octanol–water partition coefficient (Wildman–Crippen LogP) is 3.95. The van der Waals surface area contributed by atoms with Crippen molar-refractivity contribution >= 4 is 21.6 Å². The van der Waals surface area contributed by atoms with Crippen molar-refractivity contribution in [1.82, 2.24) is 5.32 Å². The van der Waals surface area contributed by atoms with E-state index in [1.807, 2.05) is 43.3 Å². The number of benzene rings is 3. The van der Waals surface area contributed by atoms with E-state index in [2.05, 4.69) is 5.32 Å². The van der Waals surface area contributed by atoms with Gasteiger partial charge in [-0.15, -0.1) is 0 Å². The van der Waals surface area contributed by atoms with E-state index in [4.69, 9.17) is 9.47 Å². The Hall–Kier alpha value is -3.52. The third kappa shape index (κ3) is 6.51. The summed E-state index contributed by atoms with van der Waals surface area (Å²) in [5.74, 6) is 1.12. The van der Waals surface area contributed by atoms with E-state index in [0.29, 0.717) is 35.7 Å². The zero-order chi connectivity index (χ0) is 24.7. The van der Waals surface area contributed by atoms with E-state index in [0.717, 1.165) is 16.7 Å². The second kappa shape index (κ2) is 11.1. The molecule has 0 saturated heterocycles. The molecule has 3 aromatic rings. The SMILES string of the molecule is COc1ccc(CCNC(=O)c2ccc(CN(c3cccc(C)c3)S(C)(=O)=O)cc2)cc1OC. The second-order valence-corrected chi connectivity index (χ2v) is 9.91. The lowest BCUT2D eigenvalue weighted by molar-refractivity contribution is 0.0954. The molecule has 0 heterocycles. The molecule has 0 aliphatic carbocycles. The van der Waals surface area contributed by atoms with Crippen LogP contribution in [0.2, 0.25) is 0 Å². The Kier molecular flexibility index (Phi) is 8.17. The number of hydrogen-bond acceptors (Lipinski definition) is 5. The lowest BCUT2D eigenvalue weighted by atomic mass is 10.1. The van der Waals surface area contributed by atoms with Gasteiger partial charge in [0.1, 0.15) is 0 Å². The molecule has 1 amide bonds. The van der Waals surface area contributed by atoms with Crippen LogP contribution in [-0.2, 0) is 23.0 Å². The van der Waals surface area contributed by atoms with Crippen molar-refractivity contribution < 1.29 is 22.7 Å². The molecule has 1 N–H and O–H groups in total. The molecule has 3 rings (SSSR count). The number of aryl methyl sites for hydroxylation is 1. The number of sulfonamides is 1. The average Bonchev–Trinajstić information content (AvgIpc) is 2.82. The fourth-order valence-corrected chi connectivity index (χ4v) is 4.45. The van der Waals surface area contributed by atoms with Gasteiger partial charge in [0.2, 0.25) is 10.0 Å². The molecule has 0 unspecified atom stereocenters. The number of hydrogen-bond donors (Lipinski definition) is 1. The van der Waals surface area contributed by atoms with Crippen molar-refractivity contribution in [2.45, 2.75) is 19.9 Å². The van der Waals surface area contributed by atoms with Gasteiger partial charge in [-0.25, -0.2) is 8.42 Å². The quantitative estimate of drug-likeness (QED) is 0.473. The van der Waals surface area contributed by atoms with E-state index < -0.39 is 10.0 Å². The first-order valence-corrected chi connectivity index (χ1v) is 12.7. The van der Waals surface area contributed by atoms with Gasteiger partial charge in [0, 0.05) is 12.1 Å². The first-order chi connectivity index (χ1) is 16.2. The van der Waals surface area contributed by atoms with Gasteiger partial charge in [0.05, 0.1) is 32.7 Å². The van der Waals surface area contributed by atoms with Crippen LogP contribution in [0.1, 0.15) is 27.0 Å². The van der Waals surface area contributed by atoms with Gasteiger partial charge in [-0.1, -0.05) is 30.3 Å². The molecule has 3 aromatic carbocycles. The lowest BCUT2D eigenvalue weighted by Crippen LogP contribution is -2.29. The van der Waals surface area contributed by atoms with Crippen molar-refractivity contribution in [3.8, 4) is 11.5 Å². The van der Waals surface area contributed by atoms with Crippen molar-refractivity contribution in [1.29, 1.82) is 0 Å². The fourth-order valence-electron chi connectivity index (χ4n) is 3.57. The molecular formula is C26H30N2O5S. The van der Waals surface area contributed by atoms with Crippen molar-refractivity contribution in [2.24, 2.45) is 0 Å². The minimum absolute atomic E-state index is 0.184. The first kappa shape index (κ1) is 25.1. The van der Waals surface area contributed by atoms with Crippen LogP contribution >= 0.6 is 0 Å². The van der Waals surface area contributed by atoms with E-state index in [9.17, 15) is 13.2 Å². The summed E-state index contributed by atoms with van der Waals surface area (Å²) in [6.07, 6.45) is 1.83. The number of carbonyl (C=O) groups excluding carboxylic acids is 1. The summed E-state index contributed by atoms with van der Waals surface area (Å²) >= 11 is 0. The van der Waals surface area contributed by atoms with E-state index in [-0.39, 0.29) is 12.5 Å². The zero-order valence-electron chi connectivity index (χ0n) is 19.9. The molecule has 0 aliphatic heterocycles. The summed E-state index contributed by atoms with van der Waals surface area (Å²) in [6, 6.07) is 20.0. The van der Waals surface area contributed by atoms with Crippen molar-refractivity contribution in [3.05, 3.63) is 89.0 Å². The summed E-state index contributed by atoms with van der Waals surface area (Å²) in [7, 11) is -0.296. The summed E-state index contributed by atoms with van der Waals surface area (Å²) in [5, 5.41) is 2.91. The van der Waals surface area contributed by atoms with Crippen LogP contribution in [0.4, 0.5) is 5.69 Å². The molecule has 7 nitrogen and oxygen atoms in total. The molecule has 8 heteroatoms. The maximum Gasteiger partial charge on any atom is 0.251 e. The average molecular weight is 483 g/mol. The molecular weight excluding hydrogens is 452 g/mol. The summed E-state index contributed by atoms with van der Waals surface area (Å²) in [5.41, 5.74) is 3.90. The van der Waals surface area contributed by atoms with Crippen LogP contribution in [-0.4, -0.2) is 41.3 Å². The van der Waals surface area contributed by atoms with E-state index in [1.54, 1.807) is 44.6 Å². The number of nitrogens with zero attached hydrogens (tertiary/aromatic N) is 1. The molecule has 180 valence electrons. The third-order valence-electron chi connectivity index (χ3n) is 5.38. The van der Waals surface area contributed by atoms with Crippen LogP contribution in [0.5, 0.6) is 11.5 Å². The Bertz CT molecular complexity index is 1240. The maximum atomic E-state index is 12.5. The van der Waals surface area contributed by atoms with Crippen LogP contribution in [0.15, 0.2) is 66.7 Å². The van der Waals surface area contributed by atoms with E-state index >= 15 is 0 Å². The van der Waals surface area contributed by atoms with Crippen LogP contribution in [0.25, 0.3) is 0 Å². The van der Waals surface area contributed by atoms with Gasteiger partial charge in [0.15, 0.2) is 11.5 Å². The number of rotatable bonds is 10. The predicted molar refractivity (Wildman–Crippen MR) is 134 cm³/mol. The highest BCUT2D eigenvalue weighted by Gasteiger charge is 2.18. The largest absolute Gasteiger partial charge is 0.493 e. The van der Waals surface area contributed by atoms with Crippen molar-refractivity contribution in [3.63, 3.8) is 0 Å². The molecule has 0 atom stereocenters. The fraction of sp³-hybridized carbons (Fsp3) is 0.269. The van der Waals surface area contributed by atoms with Crippen LogP contribution < -0.4 is 19.1 Å². The molecule has 0 saturated carbocycles. The smallest absolute Gasteiger partial charge is 0.251 e. The minimum Gasteiger partial charge on any atom is -0.493 e. The lowest BCUT2D eigenvalue weighted by Gasteiger charge is -2.23. The monoisotopic (exact) mass is 482 g/mol. The number of carbonyl (C=O) groups is 1. The van der Waals surface area contributed by atoms with Gasteiger partial charge < -0.3 is 14.8 Å². The van der Waals surface area contributed by atoms with Gasteiger partial charge in [-0.05, 0) is 66.4 Å². The Labute approximate surface area is 201 Å². The summed E-state index contributed by atoms with van der Waals surface area (Å²) in [6.45, 7) is 2.57. The number of amides is 1. The number of anilines is 1. The number of methoxy groups -OCH3 is 2. The topological polar surface area (TPSA) is 84.9 Å². The highest BCUT2D eigenvalue weighted by molar-refractivity contribution is 7.92. The standard InChI is InChI=1S/C26H30N2O5S/c1-19-6-5-7-23(16-19)28(34(4,30)31)18-21-8-11-22(12-9-21)26(29)27-15-14-20-10-13-24(32-2)25(17-20)33-3/h5-13,16-17H,14-15,18H2,1-4H3,(H,27,29). The molecule has 0 spiro atoms. The molecule has 0 radical (unpaired) electrons. The van der Waals surface area contributed by atoms with Gasteiger partial charge in [-0.2, -0.15) is 0 Å². The minimum atomic E-state index is -3.47. The summed E-state index contributed by atoms with van der Waals surface area (Å²) in [4.78, 5) is 12.5. The van der Waals surface area contributed by atoms with E-state index in [1.165, 1.54) is 10.6 Å². The van der Waals surface area contributed by atoms with Crippen molar-refractivity contribution in [2.75, 3.05) is 31.3 Å². The first-order valence-electron chi connectivity index (χ1n) is 10.8. The molecule has 0 fully saturated rings. The normalized spacial score (nSPS) is 11.1. The third-order valence-corrected chi connectivity index (χ3v) is 6.52. The molecule has 0 aromatic heterocycles. The van der Waals surface area contributed by atoms with Gasteiger partial charge in [-0.3, -0.25) is 9.10 Å². The zero-order valence-corrected chi connectivity index (χ0v) is 20.7. The van der Waals surface area contributed by atoms with Gasteiger partial charge >= 0.3 is 0 Å². The molecule has 0 bridgehead atoms.